The fourth-order valence-electron chi connectivity index (χ4n) is 2.73. The van der Waals surface area contributed by atoms with Crippen molar-refractivity contribution in [1.82, 2.24) is 0 Å². The molecule has 150 valence electrons. The molecule has 26 heavy (non-hydrogen) atoms. The fraction of sp³-hybridized carbons (Fsp3) is 0.812. The first-order chi connectivity index (χ1) is 12.2. The van der Waals surface area contributed by atoms with Crippen LogP contribution in [0.15, 0.2) is 0 Å². The van der Waals surface area contributed by atoms with E-state index in [4.69, 9.17) is 33.2 Å². The lowest BCUT2D eigenvalue weighted by Crippen LogP contribution is -2.64. The van der Waals surface area contributed by atoms with Gasteiger partial charge in [0.05, 0.1) is 0 Å². The van der Waals surface area contributed by atoms with Crippen molar-refractivity contribution in [1.29, 1.82) is 0 Å². The minimum Gasteiger partial charge on any atom is -0.463 e. The highest BCUT2D eigenvalue weighted by Gasteiger charge is 2.53. The summed E-state index contributed by atoms with van der Waals surface area (Å²) in [6, 6.07) is 0. The SMILES string of the molecule is CO[C@@H]1O[C@H]([C@@H](COC(C)=O)OC)[C@@H](OC(C)=O)[C@H](OC)[C@H]1OC(C)=O. The zero-order valence-electron chi connectivity index (χ0n) is 15.8. The van der Waals surface area contributed by atoms with Crippen molar-refractivity contribution in [2.24, 2.45) is 0 Å². The monoisotopic (exact) mass is 378 g/mol. The molecule has 0 spiro atoms. The Morgan fingerprint density at radius 2 is 1.42 bits per heavy atom. The maximum atomic E-state index is 11.6. The van der Waals surface area contributed by atoms with Crippen LogP contribution in [-0.2, 0) is 47.5 Å². The molecule has 1 aliphatic rings. The Morgan fingerprint density at radius 1 is 0.846 bits per heavy atom. The van der Waals surface area contributed by atoms with Crippen molar-refractivity contribution < 1.29 is 47.5 Å². The van der Waals surface area contributed by atoms with Crippen LogP contribution in [-0.4, -0.2) is 82.7 Å². The van der Waals surface area contributed by atoms with E-state index in [9.17, 15) is 14.4 Å². The summed E-state index contributed by atoms with van der Waals surface area (Å²) in [4.78, 5) is 34.1. The zero-order valence-corrected chi connectivity index (χ0v) is 15.8. The van der Waals surface area contributed by atoms with Crippen molar-refractivity contribution in [2.75, 3.05) is 27.9 Å². The van der Waals surface area contributed by atoms with E-state index in [0.29, 0.717) is 0 Å². The van der Waals surface area contributed by atoms with Gasteiger partial charge in [0.15, 0.2) is 18.5 Å². The summed E-state index contributed by atoms with van der Waals surface area (Å²) in [7, 11) is 4.13. The smallest absolute Gasteiger partial charge is 0.303 e. The quantitative estimate of drug-likeness (QED) is 0.416. The predicted octanol–water partition coefficient (Wildman–Crippen LogP) is -0.186. The summed E-state index contributed by atoms with van der Waals surface area (Å²) in [6.07, 6.45) is -5.54. The van der Waals surface area contributed by atoms with Crippen LogP contribution in [0.4, 0.5) is 0 Å². The lowest BCUT2D eigenvalue weighted by Gasteiger charge is -2.45. The molecule has 0 aromatic carbocycles. The number of carbonyl (C=O) groups excluding carboxylic acids is 3. The Labute approximate surface area is 151 Å². The maximum Gasteiger partial charge on any atom is 0.303 e. The highest BCUT2D eigenvalue weighted by atomic mass is 16.7. The lowest BCUT2D eigenvalue weighted by atomic mass is 9.94. The Hall–Kier alpha value is -1.75. The number of hydrogen-bond acceptors (Lipinski definition) is 10. The van der Waals surface area contributed by atoms with Gasteiger partial charge in [0, 0.05) is 42.1 Å². The Bertz CT molecular complexity index is 493. The van der Waals surface area contributed by atoms with Crippen LogP contribution in [0.3, 0.4) is 0 Å². The highest BCUT2D eigenvalue weighted by molar-refractivity contribution is 5.67. The van der Waals surface area contributed by atoms with Crippen molar-refractivity contribution in [3.63, 3.8) is 0 Å². The van der Waals surface area contributed by atoms with Crippen molar-refractivity contribution in [3.05, 3.63) is 0 Å². The first kappa shape index (κ1) is 22.3. The third-order valence-electron chi connectivity index (χ3n) is 3.76. The second-order valence-electron chi connectivity index (χ2n) is 5.63. The molecule has 10 heteroatoms. The number of carbonyl (C=O) groups is 3. The topological polar surface area (TPSA) is 116 Å². The van der Waals surface area contributed by atoms with E-state index in [0.717, 1.165) is 0 Å². The van der Waals surface area contributed by atoms with Gasteiger partial charge in [-0.2, -0.15) is 0 Å². The van der Waals surface area contributed by atoms with Crippen LogP contribution in [0, 0.1) is 0 Å². The molecule has 1 rings (SSSR count). The number of hydrogen-bond donors (Lipinski definition) is 0. The molecule has 0 aliphatic carbocycles. The first-order valence-electron chi connectivity index (χ1n) is 7.96. The summed E-state index contributed by atoms with van der Waals surface area (Å²) in [5.41, 5.74) is 0. The molecule has 0 unspecified atom stereocenters. The largest absolute Gasteiger partial charge is 0.463 e. The molecule has 0 amide bonds. The molecule has 0 bridgehead atoms. The average molecular weight is 378 g/mol. The van der Waals surface area contributed by atoms with Crippen molar-refractivity contribution in [3.8, 4) is 0 Å². The molecule has 10 nitrogen and oxygen atoms in total. The standard InChI is InChI=1S/C16H26O10/c1-8(17)23-7-11(20-4)12-14(24-9(2)18)13(21-5)15(25-10(3)19)16(22-6)26-12/h11-16H,7H2,1-6H3/t11-,12-,13+,14-,15-,16-/m1/s1. The van der Waals surface area contributed by atoms with Gasteiger partial charge in [-0.15, -0.1) is 0 Å². The van der Waals surface area contributed by atoms with Gasteiger partial charge in [-0.05, 0) is 0 Å². The summed E-state index contributed by atoms with van der Waals surface area (Å²) in [5.74, 6) is -1.67. The number of esters is 3. The summed E-state index contributed by atoms with van der Waals surface area (Å²) < 4.78 is 37.4. The highest BCUT2D eigenvalue weighted by Crippen LogP contribution is 2.31. The molecular formula is C16H26O10. The molecule has 0 N–H and O–H groups in total. The van der Waals surface area contributed by atoms with Crippen LogP contribution < -0.4 is 0 Å². The van der Waals surface area contributed by atoms with E-state index >= 15 is 0 Å². The minimum atomic E-state index is -1.00. The van der Waals surface area contributed by atoms with Crippen LogP contribution in [0.1, 0.15) is 20.8 Å². The van der Waals surface area contributed by atoms with Crippen molar-refractivity contribution >= 4 is 17.9 Å². The van der Waals surface area contributed by atoms with E-state index in [-0.39, 0.29) is 6.61 Å². The Kier molecular flexibility index (Phi) is 8.93. The molecule has 6 atom stereocenters. The van der Waals surface area contributed by atoms with Crippen LogP contribution in [0.25, 0.3) is 0 Å². The lowest BCUT2D eigenvalue weighted by molar-refractivity contribution is -0.314. The van der Waals surface area contributed by atoms with Gasteiger partial charge in [0.2, 0.25) is 0 Å². The molecule has 0 aromatic rings. The van der Waals surface area contributed by atoms with Crippen molar-refractivity contribution in [2.45, 2.75) is 57.6 Å². The number of ether oxygens (including phenoxy) is 7. The second-order valence-corrected chi connectivity index (χ2v) is 5.63. The van der Waals surface area contributed by atoms with Gasteiger partial charge in [-0.25, -0.2) is 0 Å². The second kappa shape index (κ2) is 10.4. The average Bonchev–Trinajstić information content (AvgIpc) is 2.55. The van der Waals surface area contributed by atoms with Gasteiger partial charge < -0.3 is 33.2 Å². The van der Waals surface area contributed by atoms with Crippen LogP contribution in [0.2, 0.25) is 0 Å². The molecule has 1 saturated heterocycles. The van der Waals surface area contributed by atoms with Gasteiger partial charge in [-0.3, -0.25) is 14.4 Å². The predicted molar refractivity (Wildman–Crippen MR) is 85.0 cm³/mol. The molecule has 0 saturated carbocycles. The molecule has 0 radical (unpaired) electrons. The molecule has 1 aliphatic heterocycles. The minimum absolute atomic E-state index is 0.140. The van der Waals surface area contributed by atoms with Gasteiger partial charge in [0.1, 0.15) is 24.9 Å². The van der Waals surface area contributed by atoms with Gasteiger partial charge >= 0.3 is 17.9 Å². The van der Waals surface area contributed by atoms with E-state index in [1.165, 1.54) is 42.1 Å². The third-order valence-corrected chi connectivity index (χ3v) is 3.76. The number of methoxy groups -OCH3 is 3. The first-order valence-corrected chi connectivity index (χ1v) is 7.96. The van der Waals surface area contributed by atoms with E-state index in [1.54, 1.807) is 0 Å². The van der Waals surface area contributed by atoms with Crippen LogP contribution in [0.5, 0.6) is 0 Å². The molecule has 1 heterocycles. The van der Waals surface area contributed by atoms with Gasteiger partial charge in [0.25, 0.3) is 0 Å². The summed E-state index contributed by atoms with van der Waals surface area (Å²) in [5, 5.41) is 0. The van der Waals surface area contributed by atoms with E-state index in [2.05, 4.69) is 0 Å². The molecule has 1 fully saturated rings. The zero-order chi connectivity index (χ0) is 19.9. The van der Waals surface area contributed by atoms with Gasteiger partial charge in [-0.1, -0.05) is 0 Å². The third kappa shape index (κ3) is 5.90. The maximum absolute atomic E-state index is 11.6. The molecular weight excluding hydrogens is 352 g/mol. The molecule has 0 aromatic heterocycles. The van der Waals surface area contributed by atoms with E-state index < -0.39 is 54.7 Å². The summed E-state index contributed by atoms with van der Waals surface area (Å²) in [6.45, 7) is 3.57. The summed E-state index contributed by atoms with van der Waals surface area (Å²) >= 11 is 0. The van der Waals surface area contributed by atoms with E-state index in [1.807, 2.05) is 0 Å². The Morgan fingerprint density at radius 3 is 1.85 bits per heavy atom. The fourth-order valence-corrected chi connectivity index (χ4v) is 2.73. The van der Waals surface area contributed by atoms with Crippen LogP contribution >= 0.6 is 0 Å². The Balaban J connectivity index is 3.17. The number of rotatable bonds is 8. The normalized spacial score (nSPS) is 29.5.